The molecule has 0 fully saturated rings. The van der Waals surface area contributed by atoms with Crippen LogP contribution in [0.1, 0.15) is 28.6 Å². The fraction of sp³-hybridized carbons (Fsp3) is 0.444. The van der Waals surface area contributed by atoms with E-state index in [1.807, 2.05) is 25.1 Å². The Morgan fingerprint density at radius 1 is 1.38 bits per heavy atom. The van der Waals surface area contributed by atoms with Crippen LogP contribution in [-0.2, 0) is 17.8 Å². The number of nitrogens with zero attached hydrogens (tertiary/aromatic N) is 2. The number of thiazole rings is 1. The second-order valence-corrected chi connectivity index (χ2v) is 7.17. The van der Waals surface area contributed by atoms with Gasteiger partial charge in [-0.3, -0.25) is 15.0 Å². The smallest absolute Gasteiger partial charge is 0.264 e. The monoisotopic (exact) mass is 345 g/mol. The number of amides is 1. The van der Waals surface area contributed by atoms with Gasteiger partial charge in [-0.2, -0.15) is 0 Å². The highest BCUT2D eigenvalue weighted by Crippen LogP contribution is 2.28. The molecule has 3 rings (SSSR count). The molecule has 2 aromatic rings. The fourth-order valence-electron chi connectivity index (χ4n) is 2.68. The summed E-state index contributed by atoms with van der Waals surface area (Å²) in [6.07, 6.45) is 0.953. The van der Waals surface area contributed by atoms with Crippen molar-refractivity contribution in [3.8, 4) is 5.75 Å². The molecule has 0 saturated carbocycles. The average molecular weight is 345 g/mol. The van der Waals surface area contributed by atoms with Gasteiger partial charge in [0.25, 0.3) is 5.91 Å². The first kappa shape index (κ1) is 16.9. The van der Waals surface area contributed by atoms with Crippen LogP contribution < -0.4 is 10.1 Å². The van der Waals surface area contributed by atoms with Crippen LogP contribution in [0.15, 0.2) is 18.2 Å². The molecule has 0 unspecified atom stereocenters. The number of carbonyl (C=O) groups excluding carboxylic acids is 1. The van der Waals surface area contributed by atoms with Gasteiger partial charge in [-0.1, -0.05) is 13.0 Å². The number of hydrogen-bond acceptors (Lipinski definition) is 5. The van der Waals surface area contributed by atoms with Crippen LogP contribution in [0.3, 0.4) is 0 Å². The summed E-state index contributed by atoms with van der Waals surface area (Å²) in [6, 6.07) is 5.83. The van der Waals surface area contributed by atoms with Gasteiger partial charge in [0.05, 0.1) is 5.69 Å². The van der Waals surface area contributed by atoms with E-state index in [-0.39, 0.29) is 12.5 Å². The lowest BCUT2D eigenvalue weighted by Crippen LogP contribution is -2.29. The molecule has 0 spiro atoms. The minimum atomic E-state index is -0.174. The van der Waals surface area contributed by atoms with Crippen molar-refractivity contribution in [2.45, 2.75) is 33.7 Å². The van der Waals surface area contributed by atoms with E-state index in [4.69, 9.17) is 4.74 Å². The fourth-order valence-corrected chi connectivity index (χ4v) is 3.75. The van der Waals surface area contributed by atoms with Gasteiger partial charge in [0.15, 0.2) is 11.7 Å². The Kier molecular flexibility index (Phi) is 5.16. The molecule has 0 saturated heterocycles. The predicted octanol–water partition coefficient (Wildman–Crippen LogP) is 3.16. The molecular formula is C18H23N3O2S. The third-order valence-electron chi connectivity index (χ3n) is 4.35. The van der Waals surface area contributed by atoms with Crippen LogP contribution >= 0.6 is 11.3 Å². The Morgan fingerprint density at radius 3 is 2.96 bits per heavy atom. The summed E-state index contributed by atoms with van der Waals surface area (Å²) in [6.45, 7) is 9.25. The summed E-state index contributed by atoms with van der Waals surface area (Å²) in [5, 5.41) is 3.53. The summed E-state index contributed by atoms with van der Waals surface area (Å²) < 4.78 is 5.57. The van der Waals surface area contributed by atoms with Gasteiger partial charge >= 0.3 is 0 Å². The lowest BCUT2D eigenvalue weighted by atomic mass is 10.1. The molecule has 6 heteroatoms. The average Bonchev–Trinajstić information content (AvgIpc) is 2.97. The van der Waals surface area contributed by atoms with Crippen molar-refractivity contribution in [2.75, 3.05) is 25.0 Å². The van der Waals surface area contributed by atoms with Crippen molar-refractivity contribution in [2.24, 2.45) is 0 Å². The zero-order chi connectivity index (χ0) is 17.1. The maximum Gasteiger partial charge on any atom is 0.264 e. The zero-order valence-corrected chi connectivity index (χ0v) is 15.2. The van der Waals surface area contributed by atoms with E-state index < -0.39 is 0 Å². The standard InChI is InChI=1S/C18H23N3O2S/c1-4-21-8-7-15-16(10-21)24-18(19-15)20-17(22)11-23-14-6-5-12(2)13(3)9-14/h5-6,9H,4,7-8,10-11H2,1-3H3,(H,19,20,22). The number of aryl methyl sites for hydroxylation is 2. The number of anilines is 1. The number of benzene rings is 1. The van der Waals surface area contributed by atoms with Crippen molar-refractivity contribution in [3.05, 3.63) is 39.9 Å². The zero-order valence-electron chi connectivity index (χ0n) is 14.4. The number of fused-ring (bicyclic) bond motifs is 1. The number of hydrogen-bond donors (Lipinski definition) is 1. The molecular weight excluding hydrogens is 322 g/mol. The number of carbonyl (C=O) groups is 1. The Hall–Kier alpha value is -1.92. The molecule has 5 nitrogen and oxygen atoms in total. The van der Waals surface area contributed by atoms with E-state index in [2.05, 4.69) is 29.0 Å². The number of ether oxygens (including phenoxy) is 1. The van der Waals surface area contributed by atoms with Crippen molar-refractivity contribution < 1.29 is 9.53 Å². The van der Waals surface area contributed by atoms with Crippen LogP contribution in [0.4, 0.5) is 5.13 Å². The van der Waals surface area contributed by atoms with E-state index in [0.29, 0.717) is 10.9 Å². The molecule has 1 amide bonds. The lowest BCUT2D eigenvalue weighted by Gasteiger charge is -2.23. The Morgan fingerprint density at radius 2 is 2.21 bits per heavy atom. The molecule has 128 valence electrons. The Bertz CT molecular complexity index is 742. The maximum absolute atomic E-state index is 12.1. The molecule has 0 bridgehead atoms. The molecule has 1 N–H and O–H groups in total. The Balaban J connectivity index is 1.55. The first-order valence-corrected chi connectivity index (χ1v) is 9.07. The molecule has 1 aliphatic rings. The second kappa shape index (κ2) is 7.32. The summed E-state index contributed by atoms with van der Waals surface area (Å²) in [7, 11) is 0. The van der Waals surface area contributed by atoms with Crippen LogP contribution in [0, 0.1) is 13.8 Å². The molecule has 1 aromatic carbocycles. The van der Waals surface area contributed by atoms with Crippen LogP contribution in [0.2, 0.25) is 0 Å². The minimum absolute atomic E-state index is 0.00612. The van der Waals surface area contributed by atoms with Gasteiger partial charge in [0.1, 0.15) is 5.75 Å². The lowest BCUT2D eigenvalue weighted by molar-refractivity contribution is -0.118. The first-order valence-electron chi connectivity index (χ1n) is 8.26. The molecule has 1 aliphatic heterocycles. The highest BCUT2D eigenvalue weighted by Gasteiger charge is 2.20. The van der Waals surface area contributed by atoms with E-state index in [1.165, 1.54) is 10.4 Å². The first-order chi connectivity index (χ1) is 11.5. The highest BCUT2D eigenvalue weighted by molar-refractivity contribution is 7.15. The van der Waals surface area contributed by atoms with Crippen LogP contribution in [-0.4, -0.2) is 35.5 Å². The van der Waals surface area contributed by atoms with Crippen molar-refractivity contribution in [1.82, 2.24) is 9.88 Å². The minimum Gasteiger partial charge on any atom is -0.484 e. The molecule has 2 heterocycles. The number of rotatable bonds is 5. The topological polar surface area (TPSA) is 54.5 Å². The highest BCUT2D eigenvalue weighted by atomic mass is 32.1. The van der Waals surface area contributed by atoms with Gasteiger partial charge in [-0.25, -0.2) is 4.98 Å². The number of likely N-dealkylation sites (N-methyl/N-ethyl adjacent to an activating group) is 1. The van der Waals surface area contributed by atoms with Gasteiger partial charge in [0.2, 0.25) is 0 Å². The quantitative estimate of drug-likeness (QED) is 0.904. The van der Waals surface area contributed by atoms with Crippen molar-refractivity contribution in [3.63, 3.8) is 0 Å². The number of nitrogens with one attached hydrogen (secondary N) is 1. The molecule has 0 atom stereocenters. The molecule has 0 radical (unpaired) electrons. The SMILES string of the molecule is CCN1CCc2nc(NC(=O)COc3ccc(C)c(C)c3)sc2C1. The van der Waals surface area contributed by atoms with E-state index in [0.717, 1.165) is 37.3 Å². The third-order valence-corrected chi connectivity index (χ3v) is 5.35. The third kappa shape index (κ3) is 3.94. The largest absolute Gasteiger partial charge is 0.484 e. The van der Waals surface area contributed by atoms with Gasteiger partial charge in [-0.15, -0.1) is 11.3 Å². The summed E-state index contributed by atoms with van der Waals surface area (Å²) in [5.74, 6) is 0.539. The molecule has 0 aliphatic carbocycles. The van der Waals surface area contributed by atoms with E-state index in [1.54, 1.807) is 11.3 Å². The van der Waals surface area contributed by atoms with Crippen molar-refractivity contribution >= 4 is 22.4 Å². The van der Waals surface area contributed by atoms with Crippen molar-refractivity contribution in [1.29, 1.82) is 0 Å². The predicted molar refractivity (Wildman–Crippen MR) is 96.8 cm³/mol. The normalized spacial score (nSPS) is 14.3. The second-order valence-electron chi connectivity index (χ2n) is 6.09. The number of aromatic nitrogens is 1. The van der Waals surface area contributed by atoms with Gasteiger partial charge < -0.3 is 4.74 Å². The summed E-state index contributed by atoms with van der Waals surface area (Å²) in [5.41, 5.74) is 3.48. The maximum atomic E-state index is 12.1. The van der Waals surface area contributed by atoms with E-state index in [9.17, 15) is 4.79 Å². The summed E-state index contributed by atoms with van der Waals surface area (Å²) in [4.78, 5) is 20.3. The van der Waals surface area contributed by atoms with Gasteiger partial charge in [-0.05, 0) is 43.7 Å². The van der Waals surface area contributed by atoms with Gasteiger partial charge in [0, 0.05) is 24.4 Å². The Labute approximate surface area is 146 Å². The van der Waals surface area contributed by atoms with Crippen LogP contribution in [0.25, 0.3) is 0 Å². The molecule has 1 aromatic heterocycles. The molecule has 24 heavy (non-hydrogen) atoms. The van der Waals surface area contributed by atoms with Crippen LogP contribution in [0.5, 0.6) is 5.75 Å². The summed E-state index contributed by atoms with van der Waals surface area (Å²) >= 11 is 1.57. The van der Waals surface area contributed by atoms with E-state index >= 15 is 0 Å².